The second kappa shape index (κ2) is 5.09. The van der Waals surface area contributed by atoms with E-state index in [2.05, 4.69) is 10.5 Å². The van der Waals surface area contributed by atoms with Crippen LogP contribution in [0.25, 0.3) is 0 Å². The molecule has 0 aliphatic carbocycles. The number of nitrogens with two attached hydrogens (primary N) is 1. The van der Waals surface area contributed by atoms with E-state index >= 15 is 0 Å². The maximum Gasteiger partial charge on any atom is 0.158 e. The Labute approximate surface area is 89.2 Å². The Bertz CT molecular complexity index is 349. The molecular weight excluding hydrogens is 192 g/mol. The number of anilines is 2. The fourth-order valence-corrected chi connectivity index (χ4v) is 1.23. The van der Waals surface area contributed by atoms with E-state index in [4.69, 9.17) is 10.9 Å². The van der Waals surface area contributed by atoms with Gasteiger partial charge in [0.15, 0.2) is 5.84 Å². The number of hydrogen-bond acceptors (Lipinski definition) is 4. The zero-order valence-corrected chi connectivity index (χ0v) is 8.94. The molecule has 0 aliphatic rings. The monoisotopic (exact) mass is 208 g/mol. The summed E-state index contributed by atoms with van der Waals surface area (Å²) in [5, 5.41) is 14.4. The van der Waals surface area contributed by atoms with Gasteiger partial charge in [-0.1, -0.05) is 17.3 Å². The molecule has 4 N–H and O–H groups in total. The van der Waals surface area contributed by atoms with Crippen molar-refractivity contribution in [3.63, 3.8) is 0 Å². The molecule has 1 aromatic rings. The number of nitrogens with zero attached hydrogens (tertiary/aromatic N) is 2. The predicted molar refractivity (Wildman–Crippen MR) is 62.7 cm³/mol. The second-order valence-electron chi connectivity index (χ2n) is 3.36. The molecule has 1 aromatic carbocycles. The molecule has 0 radical (unpaired) electrons. The minimum Gasteiger partial charge on any atom is -0.409 e. The normalized spacial score (nSPS) is 11.2. The summed E-state index contributed by atoms with van der Waals surface area (Å²) in [7, 11) is 3.92. The van der Waals surface area contributed by atoms with E-state index in [-0.39, 0.29) is 5.84 Å². The lowest BCUT2D eigenvalue weighted by atomic mass is 10.2. The van der Waals surface area contributed by atoms with Gasteiger partial charge in [-0.25, -0.2) is 0 Å². The van der Waals surface area contributed by atoms with E-state index in [9.17, 15) is 0 Å². The van der Waals surface area contributed by atoms with Gasteiger partial charge in [0.05, 0.1) is 17.9 Å². The summed E-state index contributed by atoms with van der Waals surface area (Å²) in [4.78, 5) is 1.99. The van der Waals surface area contributed by atoms with Crippen LogP contribution in [-0.2, 0) is 0 Å². The summed E-state index contributed by atoms with van der Waals surface area (Å²) in [6, 6.07) is 7.83. The van der Waals surface area contributed by atoms with E-state index in [0.717, 1.165) is 11.4 Å². The Balaban J connectivity index is 2.76. The molecule has 0 saturated heterocycles. The third kappa shape index (κ3) is 3.05. The molecule has 15 heavy (non-hydrogen) atoms. The minimum absolute atomic E-state index is 0.156. The topological polar surface area (TPSA) is 73.9 Å². The van der Waals surface area contributed by atoms with Gasteiger partial charge in [-0.3, -0.25) is 0 Å². The van der Waals surface area contributed by atoms with Gasteiger partial charge in [-0.2, -0.15) is 0 Å². The highest BCUT2D eigenvalue weighted by Crippen LogP contribution is 2.22. The van der Waals surface area contributed by atoms with Crippen molar-refractivity contribution in [3.05, 3.63) is 24.3 Å². The molecule has 0 spiro atoms. The smallest absolute Gasteiger partial charge is 0.158 e. The summed E-state index contributed by atoms with van der Waals surface area (Å²) in [6.45, 7) is 0.321. The highest BCUT2D eigenvalue weighted by atomic mass is 16.4. The van der Waals surface area contributed by atoms with Crippen LogP contribution in [-0.4, -0.2) is 31.7 Å². The highest BCUT2D eigenvalue weighted by Gasteiger charge is 2.02. The summed E-state index contributed by atoms with van der Waals surface area (Å²) in [6.07, 6.45) is 0. The van der Waals surface area contributed by atoms with E-state index < -0.39 is 0 Å². The van der Waals surface area contributed by atoms with E-state index in [1.54, 1.807) is 0 Å². The molecule has 0 fully saturated rings. The van der Waals surface area contributed by atoms with Crippen LogP contribution in [0.1, 0.15) is 0 Å². The van der Waals surface area contributed by atoms with Crippen molar-refractivity contribution < 1.29 is 5.21 Å². The molecule has 0 unspecified atom stereocenters. The summed E-state index contributed by atoms with van der Waals surface area (Å²) in [5.41, 5.74) is 7.38. The first-order valence-electron chi connectivity index (χ1n) is 4.61. The molecule has 5 nitrogen and oxygen atoms in total. The van der Waals surface area contributed by atoms with Gasteiger partial charge in [0.25, 0.3) is 0 Å². The van der Waals surface area contributed by atoms with Crippen molar-refractivity contribution in [2.24, 2.45) is 10.9 Å². The van der Waals surface area contributed by atoms with Crippen molar-refractivity contribution in [2.75, 3.05) is 30.9 Å². The standard InChI is InChI=1S/C10H16N4O/c1-14(2)9-6-4-3-5-8(9)12-7-10(11)13-15/h3-6,12,15H,7H2,1-2H3,(H2,11,13). The van der Waals surface area contributed by atoms with Crippen molar-refractivity contribution in [1.29, 1.82) is 0 Å². The van der Waals surface area contributed by atoms with Gasteiger partial charge in [-0.15, -0.1) is 0 Å². The first kappa shape index (κ1) is 11.2. The number of rotatable bonds is 4. The van der Waals surface area contributed by atoms with Gasteiger partial charge < -0.3 is 21.2 Å². The number of nitrogens with one attached hydrogen (secondary N) is 1. The molecule has 82 valence electrons. The fraction of sp³-hybridized carbons (Fsp3) is 0.300. The Kier molecular flexibility index (Phi) is 3.79. The van der Waals surface area contributed by atoms with Crippen molar-refractivity contribution >= 4 is 17.2 Å². The van der Waals surface area contributed by atoms with Crippen LogP contribution in [0.5, 0.6) is 0 Å². The molecule has 0 aromatic heterocycles. The van der Waals surface area contributed by atoms with Gasteiger partial charge in [0.2, 0.25) is 0 Å². The average molecular weight is 208 g/mol. The van der Waals surface area contributed by atoms with E-state index in [1.807, 2.05) is 43.3 Å². The Morgan fingerprint density at radius 3 is 2.73 bits per heavy atom. The first-order valence-corrected chi connectivity index (χ1v) is 4.61. The number of benzene rings is 1. The Morgan fingerprint density at radius 1 is 1.47 bits per heavy atom. The van der Waals surface area contributed by atoms with Crippen LogP contribution in [0.3, 0.4) is 0 Å². The Morgan fingerprint density at radius 2 is 2.13 bits per heavy atom. The zero-order valence-electron chi connectivity index (χ0n) is 8.94. The number of para-hydroxylation sites is 2. The third-order valence-corrected chi connectivity index (χ3v) is 1.97. The average Bonchev–Trinajstić information content (AvgIpc) is 2.26. The summed E-state index contributed by atoms with van der Waals surface area (Å²) in [5.74, 6) is 0.156. The lowest BCUT2D eigenvalue weighted by Gasteiger charge is -2.17. The molecule has 0 aliphatic heterocycles. The van der Waals surface area contributed by atoms with E-state index in [0.29, 0.717) is 6.54 Å². The van der Waals surface area contributed by atoms with Gasteiger partial charge in [0, 0.05) is 14.1 Å². The molecule has 0 amide bonds. The van der Waals surface area contributed by atoms with Crippen LogP contribution < -0.4 is 16.0 Å². The maximum atomic E-state index is 8.40. The minimum atomic E-state index is 0.156. The summed E-state index contributed by atoms with van der Waals surface area (Å²) < 4.78 is 0. The highest BCUT2D eigenvalue weighted by molar-refractivity contribution is 5.85. The van der Waals surface area contributed by atoms with Crippen molar-refractivity contribution in [1.82, 2.24) is 0 Å². The lowest BCUT2D eigenvalue weighted by Crippen LogP contribution is -2.23. The van der Waals surface area contributed by atoms with E-state index in [1.165, 1.54) is 0 Å². The number of hydrogen-bond donors (Lipinski definition) is 3. The summed E-state index contributed by atoms with van der Waals surface area (Å²) >= 11 is 0. The number of oxime groups is 1. The predicted octanol–water partition coefficient (Wildman–Crippen LogP) is 0.911. The molecular formula is C10H16N4O. The van der Waals surface area contributed by atoms with Gasteiger partial charge in [0.1, 0.15) is 0 Å². The molecule has 0 bridgehead atoms. The SMILES string of the molecule is CN(C)c1ccccc1NC/C(N)=N/O. The van der Waals surface area contributed by atoms with Crippen LogP contribution >= 0.6 is 0 Å². The van der Waals surface area contributed by atoms with Crippen LogP contribution in [0.2, 0.25) is 0 Å². The first-order chi connectivity index (χ1) is 7.15. The number of amidine groups is 1. The van der Waals surface area contributed by atoms with Crippen LogP contribution in [0, 0.1) is 0 Å². The molecule has 5 heteroatoms. The van der Waals surface area contributed by atoms with Crippen molar-refractivity contribution in [3.8, 4) is 0 Å². The van der Waals surface area contributed by atoms with Gasteiger partial charge in [-0.05, 0) is 12.1 Å². The van der Waals surface area contributed by atoms with Crippen molar-refractivity contribution in [2.45, 2.75) is 0 Å². The van der Waals surface area contributed by atoms with Crippen LogP contribution in [0.15, 0.2) is 29.4 Å². The fourth-order valence-electron chi connectivity index (χ4n) is 1.23. The lowest BCUT2D eigenvalue weighted by molar-refractivity contribution is 0.317. The molecule has 1 rings (SSSR count). The molecule has 0 heterocycles. The molecule has 0 atom stereocenters. The zero-order chi connectivity index (χ0) is 11.3. The van der Waals surface area contributed by atoms with Gasteiger partial charge >= 0.3 is 0 Å². The molecule has 0 saturated carbocycles. The second-order valence-corrected chi connectivity index (χ2v) is 3.36. The van der Waals surface area contributed by atoms with Crippen LogP contribution in [0.4, 0.5) is 11.4 Å². The largest absolute Gasteiger partial charge is 0.409 e. The quantitative estimate of drug-likeness (QED) is 0.297. The third-order valence-electron chi connectivity index (χ3n) is 1.97. The Hall–Kier alpha value is -1.91. The maximum absolute atomic E-state index is 8.40.